The number of hydrogen-bond acceptors (Lipinski definition) is 3. The first kappa shape index (κ1) is 18.5. The molecule has 0 saturated carbocycles. The maximum absolute atomic E-state index is 13.4. The van der Waals surface area contributed by atoms with Crippen LogP contribution in [0.3, 0.4) is 0 Å². The molecular formula is C21H14Cl2N2O3. The Morgan fingerprint density at radius 2 is 1.32 bits per heavy atom. The van der Waals surface area contributed by atoms with E-state index in [0.29, 0.717) is 15.7 Å². The minimum atomic E-state index is -2.23. The van der Waals surface area contributed by atoms with Crippen molar-refractivity contribution in [3.63, 3.8) is 0 Å². The molecule has 0 radical (unpaired) electrons. The lowest BCUT2D eigenvalue weighted by molar-refractivity contribution is -0.133. The molecule has 3 amide bonds. The Morgan fingerprint density at radius 3 is 1.93 bits per heavy atom. The Bertz CT molecular complexity index is 1070. The van der Waals surface area contributed by atoms with Crippen molar-refractivity contribution in [3.8, 4) is 0 Å². The summed E-state index contributed by atoms with van der Waals surface area (Å²) in [6, 6.07) is 20.3. The van der Waals surface area contributed by atoms with Crippen LogP contribution in [0.5, 0.6) is 0 Å². The van der Waals surface area contributed by atoms with Crippen molar-refractivity contribution in [2.45, 2.75) is 5.72 Å². The molecule has 1 fully saturated rings. The number of urea groups is 1. The third-order valence-corrected chi connectivity index (χ3v) is 4.99. The third-order valence-electron chi connectivity index (χ3n) is 4.52. The van der Waals surface area contributed by atoms with Gasteiger partial charge >= 0.3 is 6.03 Å². The van der Waals surface area contributed by atoms with Gasteiger partial charge in [0.05, 0.1) is 11.4 Å². The van der Waals surface area contributed by atoms with Crippen molar-refractivity contribution in [1.82, 2.24) is 0 Å². The normalized spacial score (nSPS) is 19.4. The molecule has 3 aromatic rings. The lowest BCUT2D eigenvalue weighted by atomic mass is 10.0. The van der Waals surface area contributed by atoms with E-state index in [-0.39, 0.29) is 11.3 Å². The van der Waals surface area contributed by atoms with Crippen molar-refractivity contribution in [2.24, 2.45) is 0 Å². The number of carbonyl (C=O) groups excluding carboxylic acids is 2. The third kappa shape index (κ3) is 2.85. The molecule has 0 aliphatic carbocycles. The van der Waals surface area contributed by atoms with Gasteiger partial charge in [-0.05, 0) is 36.4 Å². The predicted molar refractivity (Wildman–Crippen MR) is 109 cm³/mol. The monoisotopic (exact) mass is 412 g/mol. The van der Waals surface area contributed by atoms with E-state index < -0.39 is 17.7 Å². The van der Waals surface area contributed by atoms with E-state index in [0.717, 1.165) is 9.80 Å². The van der Waals surface area contributed by atoms with E-state index in [2.05, 4.69) is 0 Å². The van der Waals surface area contributed by atoms with E-state index in [9.17, 15) is 14.7 Å². The number of aliphatic hydroxyl groups is 1. The van der Waals surface area contributed by atoms with Crippen LogP contribution in [-0.2, 0) is 10.5 Å². The van der Waals surface area contributed by atoms with Gasteiger partial charge in [0.25, 0.3) is 11.6 Å². The fourth-order valence-corrected chi connectivity index (χ4v) is 3.62. The van der Waals surface area contributed by atoms with Gasteiger partial charge in [-0.15, -0.1) is 0 Å². The second-order valence-corrected chi connectivity index (χ2v) is 7.13. The molecule has 0 bridgehead atoms. The molecule has 1 unspecified atom stereocenters. The zero-order valence-corrected chi connectivity index (χ0v) is 15.9. The first-order valence-electron chi connectivity index (χ1n) is 8.40. The Kier molecular flexibility index (Phi) is 4.59. The van der Waals surface area contributed by atoms with E-state index in [1.165, 1.54) is 12.1 Å². The fourth-order valence-electron chi connectivity index (χ4n) is 3.26. The van der Waals surface area contributed by atoms with Crippen molar-refractivity contribution in [2.75, 3.05) is 9.80 Å². The summed E-state index contributed by atoms with van der Waals surface area (Å²) >= 11 is 12.1. The van der Waals surface area contributed by atoms with Crippen molar-refractivity contribution in [3.05, 3.63) is 94.5 Å². The summed E-state index contributed by atoms with van der Waals surface area (Å²) < 4.78 is 0. The highest BCUT2D eigenvalue weighted by Crippen LogP contribution is 2.41. The minimum Gasteiger partial charge on any atom is -0.359 e. The fraction of sp³-hybridized carbons (Fsp3) is 0.0476. The van der Waals surface area contributed by atoms with Gasteiger partial charge in [-0.2, -0.15) is 0 Å². The lowest BCUT2D eigenvalue weighted by Gasteiger charge is -2.30. The second-order valence-electron chi connectivity index (χ2n) is 6.26. The molecule has 4 rings (SSSR count). The number of amides is 3. The molecule has 1 N–H and O–H groups in total. The number of halogens is 2. The largest absolute Gasteiger partial charge is 0.359 e. The van der Waals surface area contributed by atoms with Crippen LogP contribution in [0.25, 0.3) is 0 Å². The average Bonchev–Trinajstić information content (AvgIpc) is 2.89. The van der Waals surface area contributed by atoms with Gasteiger partial charge in [-0.3, -0.25) is 9.69 Å². The molecule has 1 aliphatic heterocycles. The summed E-state index contributed by atoms with van der Waals surface area (Å²) in [4.78, 5) is 28.6. The van der Waals surface area contributed by atoms with Gasteiger partial charge in [-0.25, -0.2) is 9.69 Å². The SMILES string of the molecule is O=C1N(c2cccc(Cl)c2)C(=O)C(O)(c2ccccc2)N1c1cccc(Cl)c1. The van der Waals surface area contributed by atoms with Crippen LogP contribution in [0.15, 0.2) is 78.9 Å². The Morgan fingerprint density at radius 1 is 0.750 bits per heavy atom. The summed E-state index contributed by atoms with van der Waals surface area (Å²) in [5.41, 5.74) is -1.41. The molecule has 1 atom stereocenters. The number of hydrogen-bond donors (Lipinski definition) is 1. The number of benzene rings is 3. The molecule has 3 aromatic carbocycles. The summed E-state index contributed by atoms with van der Waals surface area (Å²) in [6.45, 7) is 0. The Labute approximate surface area is 171 Å². The van der Waals surface area contributed by atoms with Gasteiger partial charge in [0.2, 0.25) is 0 Å². The first-order chi connectivity index (χ1) is 13.4. The second kappa shape index (κ2) is 6.95. The minimum absolute atomic E-state index is 0.262. The van der Waals surface area contributed by atoms with Gasteiger partial charge in [0.15, 0.2) is 0 Å². The van der Waals surface area contributed by atoms with Gasteiger partial charge in [-0.1, -0.05) is 65.7 Å². The first-order valence-corrected chi connectivity index (χ1v) is 9.16. The molecular weight excluding hydrogens is 399 g/mol. The number of nitrogens with zero attached hydrogens (tertiary/aromatic N) is 2. The molecule has 1 aliphatic rings. The molecule has 140 valence electrons. The van der Waals surface area contributed by atoms with E-state index >= 15 is 0 Å². The molecule has 7 heteroatoms. The molecule has 0 aromatic heterocycles. The van der Waals surface area contributed by atoms with Gasteiger partial charge < -0.3 is 5.11 Å². The molecule has 28 heavy (non-hydrogen) atoms. The zero-order valence-electron chi connectivity index (χ0n) is 14.4. The van der Waals surface area contributed by atoms with Crippen LogP contribution in [-0.4, -0.2) is 17.0 Å². The van der Waals surface area contributed by atoms with Crippen molar-refractivity contribution < 1.29 is 14.7 Å². The van der Waals surface area contributed by atoms with Crippen molar-refractivity contribution >= 4 is 46.5 Å². The van der Waals surface area contributed by atoms with E-state index in [1.807, 2.05) is 0 Å². The van der Waals surface area contributed by atoms with Crippen molar-refractivity contribution in [1.29, 1.82) is 0 Å². The highest BCUT2D eigenvalue weighted by Gasteiger charge is 2.59. The molecule has 0 spiro atoms. The van der Waals surface area contributed by atoms with Crippen LogP contribution in [0.1, 0.15) is 5.56 Å². The van der Waals surface area contributed by atoms with Gasteiger partial charge in [0.1, 0.15) is 0 Å². The highest BCUT2D eigenvalue weighted by atomic mass is 35.5. The highest BCUT2D eigenvalue weighted by molar-refractivity contribution is 6.33. The van der Waals surface area contributed by atoms with Gasteiger partial charge in [0, 0.05) is 15.6 Å². The number of carbonyl (C=O) groups is 2. The number of imide groups is 1. The molecule has 1 heterocycles. The van der Waals surface area contributed by atoms with Crippen LogP contribution >= 0.6 is 23.2 Å². The smallest absolute Gasteiger partial charge is 0.339 e. The maximum atomic E-state index is 13.4. The predicted octanol–water partition coefficient (Wildman–Crippen LogP) is 4.81. The van der Waals surface area contributed by atoms with Crippen LogP contribution in [0.4, 0.5) is 16.2 Å². The summed E-state index contributed by atoms with van der Waals surface area (Å²) in [5.74, 6) is -0.800. The van der Waals surface area contributed by atoms with Crippen LogP contribution < -0.4 is 9.80 Å². The summed E-state index contributed by atoms with van der Waals surface area (Å²) in [7, 11) is 0. The molecule has 5 nitrogen and oxygen atoms in total. The average molecular weight is 413 g/mol. The van der Waals surface area contributed by atoms with Crippen LogP contribution in [0, 0.1) is 0 Å². The standard InChI is InChI=1S/C21H14Cl2N2O3/c22-15-8-4-10-17(12-15)24-19(26)21(28,14-6-2-1-3-7-14)25(20(24)27)18-11-5-9-16(23)13-18/h1-13,28H. The quantitative estimate of drug-likeness (QED) is 0.627. The molecule has 1 saturated heterocycles. The number of rotatable bonds is 3. The lowest BCUT2D eigenvalue weighted by Crippen LogP contribution is -2.47. The summed E-state index contributed by atoms with van der Waals surface area (Å²) in [5, 5.41) is 12.3. The topological polar surface area (TPSA) is 60.9 Å². The van der Waals surface area contributed by atoms with E-state index in [1.54, 1.807) is 66.7 Å². The Balaban J connectivity index is 1.93. The van der Waals surface area contributed by atoms with Crippen LogP contribution in [0.2, 0.25) is 10.0 Å². The maximum Gasteiger partial charge on any atom is 0.339 e. The Hall–Kier alpha value is -2.86. The van der Waals surface area contributed by atoms with E-state index in [4.69, 9.17) is 23.2 Å². The summed E-state index contributed by atoms with van der Waals surface area (Å²) in [6.07, 6.45) is 0. The number of anilines is 2. The zero-order chi connectivity index (χ0) is 19.9.